The SMILES string of the molecule is Cc1cc(C)c(C)c(OC(CN)c2cnn(C)c2)c1. The molecule has 1 unspecified atom stereocenters. The van der Waals surface area contributed by atoms with Crippen LogP contribution in [0.5, 0.6) is 5.75 Å². The van der Waals surface area contributed by atoms with Gasteiger partial charge in [-0.2, -0.15) is 5.10 Å². The summed E-state index contributed by atoms with van der Waals surface area (Å²) in [6.07, 6.45) is 3.58. The second-order valence-corrected chi connectivity index (χ2v) is 4.99. The highest BCUT2D eigenvalue weighted by Crippen LogP contribution is 2.27. The third-order valence-electron chi connectivity index (χ3n) is 3.34. The quantitative estimate of drug-likeness (QED) is 0.917. The molecule has 102 valence electrons. The first-order chi connectivity index (χ1) is 9.01. The van der Waals surface area contributed by atoms with Gasteiger partial charge in [0.2, 0.25) is 0 Å². The molecule has 2 aromatic rings. The van der Waals surface area contributed by atoms with E-state index >= 15 is 0 Å². The van der Waals surface area contributed by atoms with E-state index in [2.05, 4.69) is 38.0 Å². The Morgan fingerprint density at radius 1 is 1.32 bits per heavy atom. The van der Waals surface area contributed by atoms with Crippen LogP contribution in [0.3, 0.4) is 0 Å². The topological polar surface area (TPSA) is 53.1 Å². The van der Waals surface area contributed by atoms with Crippen molar-refractivity contribution in [1.82, 2.24) is 9.78 Å². The summed E-state index contributed by atoms with van der Waals surface area (Å²) in [6.45, 7) is 6.66. The van der Waals surface area contributed by atoms with Crippen LogP contribution in [0, 0.1) is 20.8 Å². The highest BCUT2D eigenvalue weighted by molar-refractivity contribution is 5.42. The lowest BCUT2D eigenvalue weighted by Crippen LogP contribution is -2.18. The van der Waals surface area contributed by atoms with Crippen LogP contribution in [-0.4, -0.2) is 16.3 Å². The normalized spacial score (nSPS) is 12.5. The van der Waals surface area contributed by atoms with Crippen molar-refractivity contribution in [3.05, 3.63) is 46.8 Å². The maximum Gasteiger partial charge on any atom is 0.139 e. The van der Waals surface area contributed by atoms with Crippen LogP contribution >= 0.6 is 0 Å². The summed E-state index contributed by atoms with van der Waals surface area (Å²) in [4.78, 5) is 0. The number of aromatic nitrogens is 2. The van der Waals surface area contributed by atoms with Crippen molar-refractivity contribution in [2.45, 2.75) is 26.9 Å². The number of hydrogen-bond donors (Lipinski definition) is 1. The first-order valence-corrected chi connectivity index (χ1v) is 6.44. The Kier molecular flexibility index (Phi) is 3.90. The fourth-order valence-corrected chi connectivity index (χ4v) is 2.14. The van der Waals surface area contributed by atoms with Crippen molar-refractivity contribution in [2.24, 2.45) is 12.8 Å². The van der Waals surface area contributed by atoms with Gasteiger partial charge in [0.1, 0.15) is 11.9 Å². The number of hydrogen-bond acceptors (Lipinski definition) is 3. The molecule has 2 rings (SSSR count). The van der Waals surface area contributed by atoms with Crippen molar-refractivity contribution in [2.75, 3.05) is 6.54 Å². The van der Waals surface area contributed by atoms with Gasteiger partial charge >= 0.3 is 0 Å². The van der Waals surface area contributed by atoms with Crippen LogP contribution in [0.2, 0.25) is 0 Å². The van der Waals surface area contributed by atoms with E-state index in [-0.39, 0.29) is 6.10 Å². The average molecular weight is 259 g/mol. The van der Waals surface area contributed by atoms with Crippen LogP contribution in [0.15, 0.2) is 24.5 Å². The summed E-state index contributed by atoms with van der Waals surface area (Å²) in [5, 5.41) is 4.17. The zero-order chi connectivity index (χ0) is 14.0. The molecule has 0 aliphatic heterocycles. The number of rotatable bonds is 4. The Balaban J connectivity index is 2.28. The molecule has 0 saturated heterocycles. The van der Waals surface area contributed by atoms with Crippen LogP contribution in [0.1, 0.15) is 28.4 Å². The number of ether oxygens (including phenoxy) is 1. The lowest BCUT2D eigenvalue weighted by Gasteiger charge is -2.19. The summed E-state index contributed by atoms with van der Waals surface area (Å²) >= 11 is 0. The molecule has 0 aliphatic carbocycles. The standard InChI is InChI=1S/C15H21N3O/c1-10-5-11(2)12(3)14(6-10)19-15(7-16)13-8-17-18(4)9-13/h5-6,8-9,15H,7,16H2,1-4H3. The Morgan fingerprint density at radius 3 is 2.63 bits per heavy atom. The predicted molar refractivity (Wildman–Crippen MR) is 76.3 cm³/mol. The molecule has 0 aliphatic rings. The largest absolute Gasteiger partial charge is 0.484 e. The summed E-state index contributed by atoms with van der Waals surface area (Å²) in [7, 11) is 1.89. The zero-order valence-electron chi connectivity index (χ0n) is 12.0. The molecule has 4 heteroatoms. The predicted octanol–water partition coefficient (Wildman–Crippen LogP) is 2.42. The second-order valence-electron chi connectivity index (χ2n) is 4.99. The fraction of sp³-hybridized carbons (Fsp3) is 0.400. The first kappa shape index (κ1) is 13.6. The third kappa shape index (κ3) is 2.96. The molecule has 1 heterocycles. The molecule has 4 nitrogen and oxygen atoms in total. The molecule has 1 aromatic heterocycles. The number of nitrogens with two attached hydrogens (primary N) is 1. The maximum absolute atomic E-state index is 6.08. The van der Waals surface area contributed by atoms with Crippen LogP contribution < -0.4 is 10.5 Å². The van der Waals surface area contributed by atoms with E-state index in [1.54, 1.807) is 10.9 Å². The Morgan fingerprint density at radius 2 is 2.05 bits per heavy atom. The maximum atomic E-state index is 6.08. The molecular formula is C15H21N3O. The molecule has 0 radical (unpaired) electrons. The summed E-state index contributed by atoms with van der Waals surface area (Å²) < 4.78 is 7.84. The number of nitrogens with zero attached hydrogens (tertiary/aromatic N) is 2. The Hall–Kier alpha value is -1.81. The van der Waals surface area contributed by atoms with Crippen molar-refractivity contribution in [3.8, 4) is 5.75 Å². The van der Waals surface area contributed by atoms with E-state index in [9.17, 15) is 0 Å². The second kappa shape index (κ2) is 5.45. The molecule has 1 aromatic carbocycles. The Bertz CT molecular complexity index is 575. The van der Waals surface area contributed by atoms with Crippen molar-refractivity contribution in [1.29, 1.82) is 0 Å². The zero-order valence-corrected chi connectivity index (χ0v) is 12.0. The van der Waals surface area contributed by atoms with E-state index in [4.69, 9.17) is 10.5 Å². The highest BCUT2D eigenvalue weighted by Gasteiger charge is 2.15. The van der Waals surface area contributed by atoms with Gasteiger partial charge in [-0.3, -0.25) is 4.68 Å². The Labute approximate surface area is 114 Å². The van der Waals surface area contributed by atoms with E-state index in [1.165, 1.54) is 11.1 Å². The van der Waals surface area contributed by atoms with Crippen LogP contribution in [-0.2, 0) is 7.05 Å². The molecule has 19 heavy (non-hydrogen) atoms. The van der Waals surface area contributed by atoms with Gasteiger partial charge in [-0.15, -0.1) is 0 Å². The van der Waals surface area contributed by atoms with Crippen molar-refractivity contribution >= 4 is 0 Å². The van der Waals surface area contributed by atoms with Gasteiger partial charge in [-0.05, 0) is 43.5 Å². The van der Waals surface area contributed by atoms with Gasteiger partial charge < -0.3 is 10.5 Å². The molecule has 2 N–H and O–H groups in total. The monoisotopic (exact) mass is 259 g/mol. The lowest BCUT2D eigenvalue weighted by molar-refractivity contribution is 0.212. The van der Waals surface area contributed by atoms with Gasteiger partial charge in [0.05, 0.1) is 6.20 Å². The van der Waals surface area contributed by atoms with Crippen molar-refractivity contribution in [3.63, 3.8) is 0 Å². The van der Waals surface area contributed by atoms with Gasteiger partial charge in [0, 0.05) is 25.4 Å². The molecule has 0 amide bonds. The van der Waals surface area contributed by atoms with Gasteiger partial charge in [0.15, 0.2) is 0 Å². The minimum Gasteiger partial charge on any atom is -0.484 e. The molecule has 0 bridgehead atoms. The van der Waals surface area contributed by atoms with E-state index in [1.807, 2.05) is 13.2 Å². The summed E-state index contributed by atoms with van der Waals surface area (Å²) in [6, 6.07) is 4.21. The van der Waals surface area contributed by atoms with Crippen LogP contribution in [0.4, 0.5) is 0 Å². The smallest absolute Gasteiger partial charge is 0.139 e. The molecule has 0 spiro atoms. The molecular weight excluding hydrogens is 238 g/mol. The number of aryl methyl sites for hydroxylation is 3. The van der Waals surface area contributed by atoms with E-state index in [0.29, 0.717) is 6.54 Å². The molecule has 0 saturated carbocycles. The van der Waals surface area contributed by atoms with Gasteiger partial charge in [-0.1, -0.05) is 6.07 Å². The lowest BCUT2D eigenvalue weighted by atomic mass is 10.1. The minimum absolute atomic E-state index is 0.159. The van der Waals surface area contributed by atoms with E-state index in [0.717, 1.165) is 16.9 Å². The molecule has 1 atom stereocenters. The highest BCUT2D eigenvalue weighted by atomic mass is 16.5. The summed E-state index contributed by atoms with van der Waals surface area (Å²) in [5.41, 5.74) is 10.4. The van der Waals surface area contributed by atoms with Gasteiger partial charge in [0.25, 0.3) is 0 Å². The van der Waals surface area contributed by atoms with E-state index < -0.39 is 0 Å². The first-order valence-electron chi connectivity index (χ1n) is 6.44. The fourth-order valence-electron chi connectivity index (χ4n) is 2.14. The average Bonchev–Trinajstić information content (AvgIpc) is 2.78. The number of benzene rings is 1. The van der Waals surface area contributed by atoms with Crippen LogP contribution in [0.25, 0.3) is 0 Å². The van der Waals surface area contributed by atoms with Gasteiger partial charge in [-0.25, -0.2) is 0 Å². The van der Waals surface area contributed by atoms with Crippen molar-refractivity contribution < 1.29 is 4.74 Å². The summed E-state index contributed by atoms with van der Waals surface area (Å²) in [5.74, 6) is 0.900. The molecule has 0 fully saturated rings. The third-order valence-corrected chi connectivity index (χ3v) is 3.34. The minimum atomic E-state index is -0.159.